The van der Waals surface area contributed by atoms with Crippen molar-refractivity contribution < 1.29 is 27.6 Å². The Balaban J connectivity index is 2.48. The monoisotopic (exact) mass is 314 g/mol. The molecule has 0 aliphatic heterocycles. The quantitative estimate of drug-likeness (QED) is 0.677. The van der Waals surface area contributed by atoms with Crippen LogP contribution in [-0.4, -0.2) is 13.2 Å². The maximum atomic E-state index is 10.5. The van der Waals surface area contributed by atoms with Crippen molar-refractivity contribution in [2.45, 2.75) is 23.4 Å². The summed E-state index contributed by atoms with van der Waals surface area (Å²) in [6, 6.07) is 9.71. The normalized spacial score (nSPS) is 13.8. The van der Waals surface area contributed by atoms with E-state index in [1.165, 1.54) is 0 Å². The van der Waals surface area contributed by atoms with E-state index in [1.807, 2.05) is 30.3 Å². The molecule has 0 aliphatic rings. The first-order valence-electron chi connectivity index (χ1n) is 4.65. The van der Waals surface area contributed by atoms with Crippen LogP contribution in [0.5, 0.6) is 0 Å². The molecule has 92 valence electrons. The van der Waals surface area contributed by atoms with Crippen LogP contribution in [0.1, 0.15) is 5.56 Å². The fraction of sp³-hybridized carbons (Fsp3) is 0.400. The summed E-state index contributed by atoms with van der Waals surface area (Å²) in [7, 11) is -4.29. The standard InChI is InChI=1S/C10H15ClO4Se/c1-16(2,15-11(12,13)14)9-8-10-6-4-3-5-7-10/h3-7H,8-9H2,1-2H3. The van der Waals surface area contributed by atoms with Crippen LogP contribution >= 0.6 is 0 Å². The molecule has 0 aliphatic carbocycles. The Morgan fingerprint density at radius 2 is 1.69 bits per heavy atom. The summed E-state index contributed by atoms with van der Waals surface area (Å²) in [5.74, 6) is 3.48. The second-order valence-corrected chi connectivity index (χ2v) is 12.4. The first kappa shape index (κ1) is 13.9. The summed E-state index contributed by atoms with van der Waals surface area (Å²) in [5.41, 5.74) is 1.12. The second kappa shape index (κ2) is 5.47. The Morgan fingerprint density at radius 1 is 1.12 bits per heavy atom. The van der Waals surface area contributed by atoms with Gasteiger partial charge in [0.05, 0.1) is 0 Å². The van der Waals surface area contributed by atoms with Crippen molar-refractivity contribution in [2.24, 2.45) is 0 Å². The van der Waals surface area contributed by atoms with Gasteiger partial charge in [-0.1, -0.05) is 0 Å². The molecule has 0 N–H and O–H groups in total. The van der Waals surface area contributed by atoms with Gasteiger partial charge in [0.15, 0.2) is 0 Å². The Kier molecular flexibility index (Phi) is 4.76. The van der Waals surface area contributed by atoms with Gasteiger partial charge in [-0.05, 0) is 0 Å². The molecule has 0 fully saturated rings. The van der Waals surface area contributed by atoms with Gasteiger partial charge < -0.3 is 0 Å². The van der Waals surface area contributed by atoms with E-state index in [9.17, 15) is 14.0 Å². The molecule has 0 spiro atoms. The zero-order valence-corrected chi connectivity index (χ0v) is 11.7. The van der Waals surface area contributed by atoms with E-state index in [-0.39, 0.29) is 0 Å². The molecule has 4 nitrogen and oxygen atoms in total. The molecule has 16 heavy (non-hydrogen) atoms. The number of rotatable bonds is 5. The molecular weight excluding hydrogens is 299 g/mol. The average molecular weight is 314 g/mol. The van der Waals surface area contributed by atoms with Gasteiger partial charge in [0, 0.05) is 0 Å². The summed E-state index contributed by atoms with van der Waals surface area (Å²) < 4.78 is 36.1. The van der Waals surface area contributed by atoms with Crippen molar-refractivity contribution in [3.63, 3.8) is 0 Å². The van der Waals surface area contributed by atoms with Crippen molar-refractivity contribution in [2.75, 3.05) is 0 Å². The van der Waals surface area contributed by atoms with Gasteiger partial charge in [-0.15, -0.1) is 0 Å². The third-order valence-corrected chi connectivity index (χ3v) is 8.08. The average Bonchev–Trinajstić information content (AvgIpc) is 2.13. The van der Waals surface area contributed by atoms with E-state index in [1.54, 1.807) is 11.6 Å². The molecular formula is C10H15ClO4Se. The molecule has 0 unspecified atom stereocenters. The molecule has 0 atom stereocenters. The first-order valence-corrected chi connectivity index (χ1v) is 11.2. The van der Waals surface area contributed by atoms with E-state index in [0.29, 0.717) is 5.32 Å². The first-order chi connectivity index (χ1) is 7.29. The zero-order chi connectivity index (χ0) is 12.2. The molecule has 0 heterocycles. The number of hydrogen-bond donors (Lipinski definition) is 0. The van der Waals surface area contributed by atoms with Gasteiger partial charge in [0.1, 0.15) is 0 Å². The Hall–Kier alpha value is -0.131. The molecule has 0 radical (unpaired) electrons. The summed E-state index contributed by atoms with van der Waals surface area (Å²) in [6.07, 6.45) is 0.735. The predicted molar refractivity (Wildman–Crippen MR) is 53.5 cm³/mol. The Morgan fingerprint density at radius 3 is 2.19 bits per heavy atom. The van der Waals surface area contributed by atoms with Crippen LogP contribution in [0, 0.1) is 10.2 Å². The van der Waals surface area contributed by atoms with Gasteiger partial charge in [0.2, 0.25) is 0 Å². The fourth-order valence-corrected chi connectivity index (χ4v) is 6.28. The topological polar surface area (TPSA) is 78.4 Å². The molecule has 0 amide bonds. The molecule has 1 aromatic carbocycles. The molecule has 0 saturated carbocycles. The van der Waals surface area contributed by atoms with Gasteiger partial charge >= 0.3 is 100 Å². The van der Waals surface area contributed by atoms with Crippen LogP contribution < -0.4 is 14.0 Å². The van der Waals surface area contributed by atoms with Crippen molar-refractivity contribution in [1.29, 1.82) is 0 Å². The Bertz CT molecular complexity index is 323. The summed E-state index contributed by atoms with van der Waals surface area (Å²) in [6.45, 7) is 0. The summed E-state index contributed by atoms with van der Waals surface area (Å²) in [5, 5.41) is 0.620. The summed E-state index contributed by atoms with van der Waals surface area (Å²) >= 11 is -2.62. The van der Waals surface area contributed by atoms with Gasteiger partial charge in [0.25, 0.3) is 0 Å². The zero-order valence-electron chi connectivity index (χ0n) is 9.22. The van der Waals surface area contributed by atoms with Crippen LogP contribution in [-0.2, 0) is 9.79 Å². The third-order valence-electron chi connectivity index (χ3n) is 1.97. The number of halogens is 1. The number of aryl methyl sites for hydroxylation is 1. The molecule has 1 aromatic rings. The van der Waals surface area contributed by atoms with Crippen molar-refractivity contribution in [3.8, 4) is 0 Å². The SMILES string of the molecule is C[Se](C)(CCc1ccccc1)O[Cl+3]([O-])([O-])[O-]. The molecule has 1 rings (SSSR count). The van der Waals surface area contributed by atoms with Gasteiger partial charge in [-0.2, -0.15) is 0 Å². The number of benzene rings is 1. The second-order valence-electron chi connectivity index (χ2n) is 3.82. The molecule has 0 saturated heterocycles. The van der Waals surface area contributed by atoms with Crippen LogP contribution in [0.3, 0.4) is 0 Å². The van der Waals surface area contributed by atoms with E-state index >= 15 is 0 Å². The van der Waals surface area contributed by atoms with Crippen LogP contribution in [0.25, 0.3) is 0 Å². The minimum atomic E-state index is -4.29. The minimum absolute atomic E-state index is 0.620. The van der Waals surface area contributed by atoms with Crippen LogP contribution in [0.15, 0.2) is 30.3 Å². The number of hydrogen-bond acceptors (Lipinski definition) is 4. The van der Waals surface area contributed by atoms with Crippen molar-refractivity contribution in [3.05, 3.63) is 35.9 Å². The van der Waals surface area contributed by atoms with Crippen LogP contribution in [0.4, 0.5) is 0 Å². The van der Waals surface area contributed by atoms with E-state index in [4.69, 9.17) is 0 Å². The van der Waals surface area contributed by atoms with Crippen LogP contribution in [0.2, 0.25) is 17.0 Å². The van der Waals surface area contributed by atoms with E-state index in [2.05, 4.69) is 3.37 Å². The maximum absolute atomic E-state index is 10.5. The molecule has 0 bridgehead atoms. The molecule has 6 heteroatoms. The van der Waals surface area contributed by atoms with E-state index in [0.717, 1.165) is 12.0 Å². The Labute approximate surface area is 100 Å². The van der Waals surface area contributed by atoms with Gasteiger partial charge in [-0.25, -0.2) is 0 Å². The van der Waals surface area contributed by atoms with Gasteiger partial charge in [-0.3, -0.25) is 0 Å². The predicted octanol–water partition coefficient (Wildman–Crippen LogP) is -0.652. The van der Waals surface area contributed by atoms with Crippen molar-refractivity contribution in [1.82, 2.24) is 0 Å². The van der Waals surface area contributed by atoms with E-state index < -0.39 is 23.4 Å². The fourth-order valence-electron chi connectivity index (χ4n) is 1.25. The van der Waals surface area contributed by atoms with Crippen molar-refractivity contribution >= 4 is 13.2 Å². The molecule has 0 aromatic heterocycles. The third kappa shape index (κ3) is 5.82. The summed E-state index contributed by atoms with van der Waals surface area (Å²) in [4.78, 5) is 0.